The molecule has 146 valence electrons. The van der Waals surface area contributed by atoms with Gasteiger partial charge in [0.25, 0.3) is 5.91 Å². The molecule has 2 amide bonds. The number of halogens is 1. The van der Waals surface area contributed by atoms with Crippen LogP contribution in [0.5, 0.6) is 0 Å². The largest absolute Gasteiger partial charge is 0.439 e. The zero-order valence-electron chi connectivity index (χ0n) is 15.0. The summed E-state index contributed by atoms with van der Waals surface area (Å²) in [6.07, 6.45) is 0. The number of hydrogen-bond acceptors (Lipinski definition) is 5. The molecule has 0 aliphatic rings. The van der Waals surface area contributed by atoms with E-state index in [9.17, 15) is 14.4 Å². The maximum Gasteiger partial charge on any atom is 0.439 e. The summed E-state index contributed by atoms with van der Waals surface area (Å²) in [6, 6.07) is 12.2. The molecule has 2 aromatic carbocycles. The predicted octanol–water partition coefficient (Wildman–Crippen LogP) is 3.48. The molecule has 2 heterocycles. The van der Waals surface area contributed by atoms with E-state index in [-0.39, 0.29) is 11.7 Å². The van der Waals surface area contributed by atoms with Crippen molar-refractivity contribution in [1.29, 1.82) is 0 Å². The number of nitrogens with one attached hydrogen (secondary N) is 4. The molecule has 9 nitrogen and oxygen atoms in total. The number of amides is 2. The number of anilines is 2. The van der Waals surface area contributed by atoms with Crippen molar-refractivity contribution in [1.82, 2.24) is 15.1 Å². The van der Waals surface area contributed by atoms with Gasteiger partial charge < -0.3 is 15.6 Å². The zero-order chi connectivity index (χ0) is 20.5. The maximum atomic E-state index is 12.8. The van der Waals surface area contributed by atoms with E-state index in [1.165, 1.54) is 6.92 Å². The van der Waals surface area contributed by atoms with Crippen molar-refractivity contribution in [2.45, 2.75) is 6.92 Å². The highest BCUT2D eigenvalue weighted by Gasteiger charge is 2.16. The summed E-state index contributed by atoms with van der Waals surface area (Å²) in [4.78, 5) is 41.0. The second-order valence-corrected chi connectivity index (χ2v) is 7.14. The molecule has 29 heavy (non-hydrogen) atoms. The summed E-state index contributed by atoms with van der Waals surface area (Å²) in [5, 5.41) is 9.99. The number of carbonyl (C=O) groups is 2. The van der Waals surface area contributed by atoms with Gasteiger partial charge in [-0.15, -0.1) is 0 Å². The highest BCUT2D eigenvalue weighted by Crippen LogP contribution is 2.29. The van der Waals surface area contributed by atoms with Crippen LogP contribution in [0.25, 0.3) is 22.3 Å². The van der Waals surface area contributed by atoms with Crippen molar-refractivity contribution in [2.75, 3.05) is 10.6 Å². The smallest absolute Gasteiger partial charge is 0.349 e. The third-order valence-electron chi connectivity index (χ3n) is 4.14. The topological polar surface area (TPSA) is 133 Å². The Kier molecular flexibility index (Phi) is 4.77. The van der Waals surface area contributed by atoms with Crippen LogP contribution < -0.4 is 16.4 Å². The number of nitrogens with zero attached hydrogens (tertiary/aromatic N) is 1. The lowest BCUT2D eigenvalue weighted by molar-refractivity contribution is -0.114. The lowest BCUT2D eigenvalue weighted by Crippen LogP contribution is -2.13. The molecule has 0 saturated heterocycles. The lowest BCUT2D eigenvalue weighted by Gasteiger charge is -2.09. The number of fused-ring (bicyclic) bond motifs is 1. The summed E-state index contributed by atoms with van der Waals surface area (Å²) in [6.45, 7) is 1.42. The van der Waals surface area contributed by atoms with Gasteiger partial charge in [0.2, 0.25) is 5.91 Å². The first-order valence-electron chi connectivity index (χ1n) is 8.47. The number of benzene rings is 2. The Morgan fingerprint density at radius 1 is 1.07 bits per heavy atom. The van der Waals surface area contributed by atoms with Crippen LogP contribution in [0.15, 0.2) is 56.3 Å². The van der Waals surface area contributed by atoms with Crippen LogP contribution in [-0.4, -0.2) is 26.9 Å². The third kappa shape index (κ3) is 3.83. The first-order valence-corrected chi connectivity index (χ1v) is 9.26. The molecule has 0 fully saturated rings. The van der Waals surface area contributed by atoms with E-state index in [4.69, 9.17) is 0 Å². The van der Waals surface area contributed by atoms with Gasteiger partial charge in [-0.3, -0.25) is 19.1 Å². The van der Waals surface area contributed by atoms with Gasteiger partial charge in [0.05, 0.1) is 16.9 Å². The van der Waals surface area contributed by atoms with Gasteiger partial charge in [-0.2, -0.15) is 0 Å². The van der Waals surface area contributed by atoms with Crippen LogP contribution in [0.3, 0.4) is 0 Å². The van der Waals surface area contributed by atoms with E-state index >= 15 is 0 Å². The van der Waals surface area contributed by atoms with Crippen LogP contribution >= 0.6 is 15.9 Å². The molecule has 10 heteroatoms. The molecular weight excluding hydrogens is 442 g/mol. The van der Waals surface area contributed by atoms with Gasteiger partial charge in [0.15, 0.2) is 5.82 Å². The number of rotatable bonds is 4. The molecule has 0 aliphatic carbocycles. The average Bonchev–Trinajstić information content (AvgIpc) is 3.29. The summed E-state index contributed by atoms with van der Waals surface area (Å²) in [5.74, 6) is -1.11. The molecule has 0 bridgehead atoms. The standard InChI is InChI=1S/C19H14BrN5O4/c1-9(26)21-14-4-2-3-10-7-15(22-16(10)14)18(27)23-13-6-5-11(20)8-12(13)17-24-19(28)29-25-17/h2-8,22H,1H3,(H,21,26)(H,23,27)(H,24,25,28). The van der Waals surface area contributed by atoms with Crippen LogP contribution in [0.2, 0.25) is 0 Å². The van der Waals surface area contributed by atoms with E-state index in [2.05, 4.69) is 46.2 Å². The summed E-state index contributed by atoms with van der Waals surface area (Å²) < 4.78 is 5.29. The normalized spacial score (nSPS) is 10.8. The minimum atomic E-state index is -0.696. The Balaban J connectivity index is 1.68. The number of carbonyl (C=O) groups excluding carboxylic acids is 2. The number of aromatic amines is 2. The fraction of sp³-hybridized carbons (Fsp3) is 0.0526. The first kappa shape index (κ1) is 18.7. The second kappa shape index (κ2) is 7.40. The fourth-order valence-electron chi connectivity index (χ4n) is 2.93. The molecule has 0 aliphatic heterocycles. The fourth-order valence-corrected chi connectivity index (χ4v) is 3.29. The van der Waals surface area contributed by atoms with E-state index in [1.807, 2.05) is 6.07 Å². The molecule has 4 aromatic rings. The summed E-state index contributed by atoms with van der Waals surface area (Å²) >= 11 is 3.36. The minimum absolute atomic E-state index is 0.191. The lowest BCUT2D eigenvalue weighted by atomic mass is 10.1. The number of para-hydroxylation sites is 1. The SMILES string of the molecule is CC(=O)Nc1cccc2cc(C(=O)Nc3ccc(Br)cc3-c3noc(=O)[nH]3)[nH]c12. The van der Waals surface area contributed by atoms with E-state index in [1.54, 1.807) is 36.4 Å². The third-order valence-corrected chi connectivity index (χ3v) is 4.63. The van der Waals surface area contributed by atoms with Crippen molar-refractivity contribution >= 4 is 50.0 Å². The van der Waals surface area contributed by atoms with Crippen LogP contribution in [0.1, 0.15) is 17.4 Å². The Bertz CT molecular complexity index is 1300. The Morgan fingerprint density at radius 2 is 1.90 bits per heavy atom. The highest BCUT2D eigenvalue weighted by molar-refractivity contribution is 9.10. The van der Waals surface area contributed by atoms with E-state index in [0.29, 0.717) is 28.1 Å². The van der Waals surface area contributed by atoms with Crippen molar-refractivity contribution in [3.05, 3.63) is 63.2 Å². The molecular formula is C19H14BrN5O4. The predicted molar refractivity (Wildman–Crippen MR) is 111 cm³/mol. The Labute approximate surface area is 171 Å². The Morgan fingerprint density at radius 3 is 2.62 bits per heavy atom. The molecule has 0 radical (unpaired) electrons. The van der Waals surface area contributed by atoms with Gasteiger partial charge in [0, 0.05) is 22.3 Å². The monoisotopic (exact) mass is 455 g/mol. The molecule has 0 atom stereocenters. The molecule has 2 aromatic heterocycles. The molecule has 4 N–H and O–H groups in total. The van der Waals surface area contributed by atoms with E-state index in [0.717, 1.165) is 9.86 Å². The van der Waals surface area contributed by atoms with Gasteiger partial charge in [-0.05, 0) is 30.3 Å². The molecule has 4 rings (SSSR count). The quantitative estimate of drug-likeness (QED) is 0.373. The van der Waals surface area contributed by atoms with Gasteiger partial charge in [0.1, 0.15) is 5.69 Å². The van der Waals surface area contributed by atoms with Crippen LogP contribution in [-0.2, 0) is 4.79 Å². The van der Waals surface area contributed by atoms with Crippen molar-refractivity contribution in [3.8, 4) is 11.4 Å². The number of hydrogen-bond donors (Lipinski definition) is 4. The summed E-state index contributed by atoms with van der Waals surface area (Å²) in [7, 11) is 0. The summed E-state index contributed by atoms with van der Waals surface area (Å²) in [5.41, 5.74) is 2.45. The number of aromatic nitrogens is 3. The van der Waals surface area contributed by atoms with E-state index < -0.39 is 11.7 Å². The highest BCUT2D eigenvalue weighted by atomic mass is 79.9. The van der Waals surface area contributed by atoms with Crippen LogP contribution in [0, 0.1) is 0 Å². The zero-order valence-corrected chi connectivity index (χ0v) is 16.6. The van der Waals surface area contributed by atoms with Crippen molar-refractivity contribution < 1.29 is 14.1 Å². The molecule has 0 unspecified atom stereocenters. The number of H-pyrrole nitrogens is 2. The van der Waals surface area contributed by atoms with Crippen LogP contribution in [0.4, 0.5) is 11.4 Å². The Hall–Kier alpha value is -3.66. The van der Waals surface area contributed by atoms with Gasteiger partial charge >= 0.3 is 5.76 Å². The molecule has 0 saturated carbocycles. The van der Waals surface area contributed by atoms with Crippen molar-refractivity contribution in [2.24, 2.45) is 0 Å². The first-order chi connectivity index (χ1) is 13.9. The van der Waals surface area contributed by atoms with Gasteiger partial charge in [-0.1, -0.05) is 33.2 Å². The minimum Gasteiger partial charge on any atom is -0.349 e. The maximum absolute atomic E-state index is 12.8. The van der Waals surface area contributed by atoms with Gasteiger partial charge in [-0.25, -0.2) is 4.79 Å². The molecule has 0 spiro atoms. The average molecular weight is 456 g/mol. The van der Waals surface area contributed by atoms with Crippen molar-refractivity contribution in [3.63, 3.8) is 0 Å². The second-order valence-electron chi connectivity index (χ2n) is 6.22.